The largest absolute Gasteiger partial charge is 0.389 e. The number of nitrogens with zero attached hydrogens (tertiary/aromatic N) is 2. The molecule has 0 radical (unpaired) electrons. The fourth-order valence-electron chi connectivity index (χ4n) is 2.38. The van der Waals surface area contributed by atoms with Crippen LogP contribution in [0.25, 0.3) is 0 Å². The van der Waals surface area contributed by atoms with Gasteiger partial charge in [-0.15, -0.1) is 0 Å². The average Bonchev–Trinajstić information content (AvgIpc) is 2.27. The molecule has 6 heteroatoms. The molecule has 0 amide bonds. The van der Waals surface area contributed by atoms with Crippen molar-refractivity contribution < 1.29 is 13.5 Å². The molecular weight excluding hydrogens is 252 g/mol. The Hall–Kier alpha value is -0.170. The van der Waals surface area contributed by atoms with Gasteiger partial charge < -0.3 is 5.11 Å². The molecule has 1 aliphatic heterocycles. The maximum atomic E-state index is 12.5. The van der Waals surface area contributed by atoms with Gasteiger partial charge >= 0.3 is 0 Å². The van der Waals surface area contributed by atoms with Crippen molar-refractivity contribution in [2.75, 3.05) is 26.2 Å². The zero-order valence-corrected chi connectivity index (χ0v) is 12.5. The second kappa shape index (κ2) is 6.32. The van der Waals surface area contributed by atoms with E-state index in [-0.39, 0.29) is 6.54 Å². The van der Waals surface area contributed by atoms with Gasteiger partial charge in [-0.25, -0.2) is 0 Å². The normalized spacial score (nSPS) is 26.7. The predicted molar refractivity (Wildman–Crippen MR) is 72.5 cm³/mol. The lowest BCUT2D eigenvalue weighted by molar-refractivity contribution is 0.00776. The molecule has 1 saturated heterocycles. The molecule has 0 aromatic carbocycles. The molecule has 1 unspecified atom stereocenters. The molecule has 0 spiro atoms. The van der Waals surface area contributed by atoms with Gasteiger partial charge in [-0.1, -0.05) is 13.8 Å². The molecule has 0 aromatic rings. The average molecular weight is 278 g/mol. The van der Waals surface area contributed by atoms with Gasteiger partial charge in [0.25, 0.3) is 10.2 Å². The zero-order chi connectivity index (χ0) is 13.8. The summed E-state index contributed by atoms with van der Waals surface area (Å²) < 4.78 is 28.0. The van der Waals surface area contributed by atoms with Crippen LogP contribution in [0, 0.1) is 0 Å². The topological polar surface area (TPSA) is 60.9 Å². The van der Waals surface area contributed by atoms with Crippen molar-refractivity contribution >= 4 is 10.2 Å². The summed E-state index contributed by atoms with van der Waals surface area (Å²) >= 11 is 0. The lowest BCUT2D eigenvalue weighted by Crippen LogP contribution is -2.53. The third-order valence-electron chi connectivity index (χ3n) is 3.24. The summed E-state index contributed by atoms with van der Waals surface area (Å²) in [7, 11) is -3.41. The fourth-order valence-corrected chi connectivity index (χ4v) is 4.33. The van der Waals surface area contributed by atoms with E-state index in [9.17, 15) is 13.5 Å². The highest BCUT2D eigenvalue weighted by atomic mass is 32.2. The van der Waals surface area contributed by atoms with Gasteiger partial charge in [-0.05, 0) is 32.6 Å². The first kappa shape index (κ1) is 15.9. The third kappa shape index (κ3) is 3.91. The summed E-state index contributed by atoms with van der Waals surface area (Å²) in [6.07, 6.45) is 3.01. The Kier molecular flexibility index (Phi) is 5.58. The second-order valence-electron chi connectivity index (χ2n) is 5.34. The number of aliphatic hydroxyl groups is 1. The Balaban J connectivity index is 2.82. The Labute approximate surface area is 111 Å². The van der Waals surface area contributed by atoms with Crippen molar-refractivity contribution in [2.45, 2.75) is 52.1 Å². The SMILES string of the molecule is CCCN(CCC)S(=O)(=O)N1CCCC(C)(O)C1. The molecule has 108 valence electrons. The zero-order valence-electron chi connectivity index (χ0n) is 11.7. The van der Waals surface area contributed by atoms with Crippen LogP contribution in [0.1, 0.15) is 46.5 Å². The molecule has 18 heavy (non-hydrogen) atoms. The van der Waals surface area contributed by atoms with E-state index >= 15 is 0 Å². The van der Waals surface area contributed by atoms with Crippen LogP contribution < -0.4 is 0 Å². The van der Waals surface area contributed by atoms with Crippen molar-refractivity contribution in [3.8, 4) is 0 Å². The summed E-state index contributed by atoms with van der Waals surface area (Å²) in [6, 6.07) is 0. The van der Waals surface area contributed by atoms with Crippen molar-refractivity contribution in [3.63, 3.8) is 0 Å². The fraction of sp³-hybridized carbons (Fsp3) is 1.00. The van der Waals surface area contributed by atoms with Gasteiger partial charge in [0.15, 0.2) is 0 Å². The molecule has 0 bridgehead atoms. The van der Waals surface area contributed by atoms with Crippen LogP contribution in [0.2, 0.25) is 0 Å². The number of hydrogen-bond donors (Lipinski definition) is 1. The molecule has 1 atom stereocenters. The number of piperidine rings is 1. The van der Waals surface area contributed by atoms with E-state index in [0.717, 1.165) is 19.3 Å². The van der Waals surface area contributed by atoms with Gasteiger partial charge in [0, 0.05) is 26.2 Å². The first-order valence-corrected chi connectivity index (χ1v) is 8.21. The molecule has 1 rings (SSSR count). The van der Waals surface area contributed by atoms with E-state index in [2.05, 4.69) is 0 Å². The highest BCUT2D eigenvalue weighted by Crippen LogP contribution is 2.24. The van der Waals surface area contributed by atoms with E-state index in [0.29, 0.717) is 26.1 Å². The number of hydrogen-bond acceptors (Lipinski definition) is 3. The molecule has 0 aliphatic carbocycles. The lowest BCUT2D eigenvalue weighted by atomic mass is 9.97. The van der Waals surface area contributed by atoms with Crippen LogP contribution in [0.3, 0.4) is 0 Å². The monoisotopic (exact) mass is 278 g/mol. The van der Waals surface area contributed by atoms with Crippen molar-refractivity contribution in [1.82, 2.24) is 8.61 Å². The molecule has 1 fully saturated rings. The molecule has 1 N–H and O–H groups in total. The summed E-state index contributed by atoms with van der Waals surface area (Å²) in [4.78, 5) is 0. The first-order valence-electron chi connectivity index (χ1n) is 6.81. The number of rotatable bonds is 6. The Morgan fingerprint density at radius 2 is 1.83 bits per heavy atom. The standard InChI is InChI=1S/C12H26N2O3S/c1-4-8-13(9-5-2)18(16,17)14-10-6-7-12(3,15)11-14/h15H,4-11H2,1-3H3. The quantitative estimate of drug-likeness (QED) is 0.794. The maximum Gasteiger partial charge on any atom is 0.282 e. The first-order chi connectivity index (χ1) is 8.33. The van der Waals surface area contributed by atoms with E-state index in [4.69, 9.17) is 0 Å². The second-order valence-corrected chi connectivity index (χ2v) is 7.27. The summed E-state index contributed by atoms with van der Waals surface area (Å²) in [5.41, 5.74) is -0.893. The Bertz CT molecular complexity index is 348. The summed E-state index contributed by atoms with van der Waals surface area (Å²) in [5.74, 6) is 0. The van der Waals surface area contributed by atoms with Gasteiger partial charge in [0.2, 0.25) is 0 Å². The summed E-state index contributed by atoms with van der Waals surface area (Å²) in [5, 5.41) is 10.0. The van der Waals surface area contributed by atoms with E-state index < -0.39 is 15.8 Å². The van der Waals surface area contributed by atoms with Crippen molar-refractivity contribution in [3.05, 3.63) is 0 Å². The minimum absolute atomic E-state index is 0.208. The van der Waals surface area contributed by atoms with Gasteiger partial charge in [-0.2, -0.15) is 17.0 Å². The molecule has 5 nitrogen and oxygen atoms in total. The number of β-amino-alcohol motifs (C(OH)–C–C–N with tert-alkyl or cyclic N) is 1. The highest BCUT2D eigenvalue weighted by molar-refractivity contribution is 7.86. The molecule has 0 saturated carbocycles. The van der Waals surface area contributed by atoms with Crippen molar-refractivity contribution in [2.24, 2.45) is 0 Å². The maximum absolute atomic E-state index is 12.5. The Morgan fingerprint density at radius 3 is 2.28 bits per heavy atom. The highest BCUT2D eigenvalue weighted by Gasteiger charge is 2.37. The van der Waals surface area contributed by atoms with Crippen LogP contribution in [0.4, 0.5) is 0 Å². The third-order valence-corrected chi connectivity index (χ3v) is 5.22. The molecule has 1 aliphatic rings. The van der Waals surface area contributed by atoms with Gasteiger partial charge in [0.1, 0.15) is 0 Å². The Morgan fingerprint density at radius 1 is 1.28 bits per heavy atom. The van der Waals surface area contributed by atoms with Crippen LogP contribution >= 0.6 is 0 Å². The summed E-state index contributed by atoms with van der Waals surface area (Å²) in [6.45, 7) is 7.49. The van der Waals surface area contributed by atoms with E-state index in [1.807, 2.05) is 13.8 Å². The van der Waals surface area contributed by atoms with E-state index in [1.165, 1.54) is 8.61 Å². The van der Waals surface area contributed by atoms with Crippen LogP contribution in [0.5, 0.6) is 0 Å². The molecule has 1 heterocycles. The van der Waals surface area contributed by atoms with Gasteiger partial charge in [-0.3, -0.25) is 0 Å². The lowest BCUT2D eigenvalue weighted by Gasteiger charge is -2.38. The molecule has 0 aromatic heterocycles. The van der Waals surface area contributed by atoms with Crippen LogP contribution in [-0.2, 0) is 10.2 Å². The van der Waals surface area contributed by atoms with Gasteiger partial charge in [0.05, 0.1) is 5.60 Å². The van der Waals surface area contributed by atoms with Crippen LogP contribution in [0.15, 0.2) is 0 Å². The predicted octanol–water partition coefficient (Wildman–Crippen LogP) is 1.20. The molecular formula is C12H26N2O3S. The van der Waals surface area contributed by atoms with Crippen molar-refractivity contribution in [1.29, 1.82) is 0 Å². The smallest absolute Gasteiger partial charge is 0.282 e. The minimum atomic E-state index is -3.41. The van der Waals surface area contributed by atoms with Crippen LogP contribution in [-0.4, -0.2) is 53.9 Å². The van der Waals surface area contributed by atoms with E-state index in [1.54, 1.807) is 6.92 Å². The minimum Gasteiger partial charge on any atom is -0.389 e.